The molecule has 0 saturated carbocycles. The smallest absolute Gasteiger partial charge is 0.314 e. The Morgan fingerprint density at radius 2 is 2.00 bits per heavy atom. The number of rotatable bonds is 7. The van der Waals surface area contributed by atoms with Crippen LogP contribution in [0, 0.1) is 5.92 Å². The van der Waals surface area contributed by atoms with Crippen molar-refractivity contribution in [3.8, 4) is 0 Å². The Balaban J connectivity index is 1.29. The Bertz CT molecular complexity index is 572. The number of hydrogen-bond donors (Lipinski definition) is 2. The highest BCUT2D eigenvalue weighted by molar-refractivity contribution is 7.09. The van der Waals surface area contributed by atoms with Gasteiger partial charge in [0, 0.05) is 50.6 Å². The summed E-state index contributed by atoms with van der Waals surface area (Å²) < 4.78 is 0. The van der Waals surface area contributed by atoms with E-state index < -0.39 is 0 Å². The number of likely N-dealkylation sites (tertiary alicyclic amines) is 2. The molecule has 3 amide bonds. The quantitative estimate of drug-likeness (QED) is 0.765. The van der Waals surface area contributed by atoms with Gasteiger partial charge < -0.3 is 15.5 Å². The van der Waals surface area contributed by atoms with Gasteiger partial charge in [-0.1, -0.05) is 6.07 Å². The summed E-state index contributed by atoms with van der Waals surface area (Å²) in [4.78, 5) is 29.7. The van der Waals surface area contributed by atoms with Crippen molar-refractivity contribution in [2.75, 3.05) is 39.3 Å². The van der Waals surface area contributed by atoms with Gasteiger partial charge in [-0.15, -0.1) is 11.3 Å². The number of hydrogen-bond acceptors (Lipinski definition) is 4. The molecule has 144 valence electrons. The van der Waals surface area contributed by atoms with E-state index >= 15 is 0 Å². The van der Waals surface area contributed by atoms with Crippen LogP contribution in [0.4, 0.5) is 4.79 Å². The Hall–Kier alpha value is -1.60. The summed E-state index contributed by atoms with van der Waals surface area (Å²) in [6.45, 7) is 6.04. The molecule has 3 heterocycles. The van der Waals surface area contributed by atoms with Crippen LogP contribution in [0.5, 0.6) is 0 Å². The highest BCUT2D eigenvalue weighted by Crippen LogP contribution is 2.19. The number of urea groups is 1. The maximum absolute atomic E-state index is 12.0. The van der Waals surface area contributed by atoms with Crippen LogP contribution >= 0.6 is 11.3 Å². The van der Waals surface area contributed by atoms with E-state index in [4.69, 9.17) is 0 Å². The molecule has 1 aromatic rings. The fraction of sp³-hybridized carbons (Fsp3) is 0.684. The largest absolute Gasteiger partial charge is 0.343 e. The molecule has 1 aromatic heterocycles. The van der Waals surface area contributed by atoms with Crippen LogP contribution in [-0.4, -0.2) is 61.0 Å². The highest BCUT2D eigenvalue weighted by Gasteiger charge is 2.21. The number of amides is 3. The minimum Gasteiger partial charge on any atom is -0.343 e. The van der Waals surface area contributed by atoms with Crippen molar-refractivity contribution in [1.82, 2.24) is 20.4 Å². The van der Waals surface area contributed by atoms with Crippen molar-refractivity contribution < 1.29 is 9.59 Å². The summed E-state index contributed by atoms with van der Waals surface area (Å²) in [6.07, 6.45) is 4.94. The average molecular weight is 379 g/mol. The van der Waals surface area contributed by atoms with Gasteiger partial charge in [-0.25, -0.2) is 4.79 Å². The third-order valence-corrected chi connectivity index (χ3v) is 6.06. The van der Waals surface area contributed by atoms with E-state index in [1.165, 1.54) is 11.3 Å². The molecule has 2 fully saturated rings. The van der Waals surface area contributed by atoms with Crippen molar-refractivity contribution in [3.63, 3.8) is 0 Å². The molecule has 0 aliphatic carbocycles. The van der Waals surface area contributed by atoms with E-state index in [-0.39, 0.29) is 11.9 Å². The van der Waals surface area contributed by atoms with Gasteiger partial charge in [-0.3, -0.25) is 9.69 Å². The minimum atomic E-state index is -0.158. The van der Waals surface area contributed by atoms with Gasteiger partial charge in [0.2, 0.25) is 5.91 Å². The lowest BCUT2D eigenvalue weighted by molar-refractivity contribution is -0.129. The second-order valence-electron chi connectivity index (χ2n) is 7.30. The summed E-state index contributed by atoms with van der Waals surface area (Å²) in [5, 5.41) is 7.91. The molecule has 0 bridgehead atoms. The molecule has 0 radical (unpaired) electrons. The van der Waals surface area contributed by atoms with Crippen molar-refractivity contribution in [3.05, 3.63) is 22.4 Å². The fourth-order valence-electron chi connectivity index (χ4n) is 3.79. The number of nitrogens with zero attached hydrogens (tertiary/aromatic N) is 2. The Labute approximate surface area is 159 Å². The zero-order valence-electron chi connectivity index (χ0n) is 15.4. The van der Waals surface area contributed by atoms with Gasteiger partial charge in [0.25, 0.3) is 0 Å². The van der Waals surface area contributed by atoms with E-state index in [0.717, 1.165) is 52.0 Å². The molecular formula is C19H30N4O2S. The van der Waals surface area contributed by atoms with E-state index in [1.54, 1.807) is 11.3 Å². The van der Waals surface area contributed by atoms with Crippen LogP contribution in [0.1, 0.15) is 37.0 Å². The minimum absolute atomic E-state index is 0.152. The number of piperidine rings is 1. The summed E-state index contributed by atoms with van der Waals surface area (Å²) in [7, 11) is 0. The highest BCUT2D eigenvalue weighted by atomic mass is 32.1. The molecule has 7 heteroatoms. The maximum atomic E-state index is 12.0. The maximum Gasteiger partial charge on any atom is 0.314 e. The van der Waals surface area contributed by atoms with Crippen LogP contribution in [0.15, 0.2) is 17.5 Å². The van der Waals surface area contributed by atoms with E-state index in [0.29, 0.717) is 25.4 Å². The molecule has 2 N–H and O–H groups in total. The monoisotopic (exact) mass is 378 g/mol. The molecule has 1 atom stereocenters. The molecule has 2 aliphatic heterocycles. The molecule has 26 heavy (non-hydrogen) atoms. The number of carbonyl (C=O) groups is 2. The van der Waals surface area contributed by atoms with Crippen molar-refractivity contribution in [2.45, 2.75) is 38.6 Å². The van der Waals surface area contributed by atoms with Gasteiger partial charge in [0.15, 0.2) is 0 Å². The average Bonchev–Trinajstić information content (AvgIpc) is 3.34. The Morgan fingerprint density at radius 1 is 1.15 bits per heavy atom. The molecule has 0 spiro atoms. The van der Waals surface area contributed by atoms with Crippen molar-refractivity contribution >= 4 is 23.3 Å². The molecule has 1 unspecified atom stereocenters. The van der Waals surface area contributed by atoms with Crippen LogP contribution in [0.25, 0.3) is 0 Å². The Kier molecular flexibility index (Phi) is 7.32. The van der Waals surface area contributed by atoms with Crippen molar-refractivity contribution in [1.29, 1.82) is 0 Å². The summed E-state index contributed by atoms with van der Waals surface area (Å²) >= 11 is 1.80. The third-order valence-electron chi connectivity index (χ3n) is 5.20. The van der Waals surface area contributed by atoms with E-state index in [9.17, 15) is 9.59 Å². The van der Waals surface area contributed by atoms with Crippen LogP contribution in [0.2, 0.25) is 0 Å². The summed E-state index contributed by atoms with van der Waals surface area (Å²) in [5.41, 5.74) is 0. The first-order valence-corrected chi connectivity index (χ1v) is 10.6. The molecule has 3 rings (SSSR count). The normalized spacial score (nSPS) is 20.9. The van der Waals surface area contributed by atoms with E-state index in [2.05, 4.69) is 33.0 Å². The van der Waals surface area contributed by atoms with Gasteiger partial charge in [-0.05, 0) is 49.6 Å². The van der Waals surface area contributed by atoms with Crippen LogP contribution in [-0.2, 0) is 11.3 Å². The first kappa shape index (κ1) is 19.2. The molecule has 2 aliphatic rings. The summed E-state index contributed by atoms with van der Waals surface area (Å²) in [5.74, 6) is 0.653. The Morgan fingerprint density at radius 3 is 2.77 bits per heavy atom. The van der Waals surface area contributed by atoms with Gasteiger partial charge in [0.1, 0.15) is 0 Å². The lowest BCUT2D eigenvalue weighted by atomic mass is 9.98. The molecule has 2 saturated heterocycles. The predicted molar refractivity (Wildman–Crippen MR) is 104 cm³/mol. The zero-order valence-corrected chi connectivity index (χ0v) is 16.2. The molecule has 6 nitrogen and oxygen atoms in total. The number of carbonyl (C=O) groups excluding carboxylic acids is 2. The SMILES string of the molecule is O=C(NCCC(=O)N1CCCC1)NCC1CCCN(Cc2cccs2)C1. The standard InChI is InChI=1S/C19H30N4O2S/c24-18(23-10-1-2-11-23)7-8-20-19(25)21-13-16-5-3-9-22(14-16)15-17-6-4-12-26-17/h4,6,12,16H,1-3,5,7-11,13-15H2,(H2,20,21,25). The van der Waals surface area contributed by atoms with E-state index in [1.807, 2.05) is 4.90 Å². The zero-order chi connectivity index (χ0) is 18.2. The summed E-state index contributed by atoms with van der Waals surface area (Å²) in [6, 6.07) is 4.13. The second-order valence-corrected chi connectivity index (χ2v) is 8.33. The topological polar surface area (TPSA) is 64.7 Å². The molecule has 0 aromatic carbocycles. The first-order valence-electron chi connectivity index (χ1n) is 9.75. The van der Waals surface area contributed by atoms with Crippen LogP contribution in [0.3, 0.4) is 0 Å². The van der Waals surface area contributed by atoms with Gasteiger partial charge >= 0.3 is 6.03 Å². The van der Waals surface area contributed by atoms with Gasteiger partial charge in [0.05, 0.1) is 0 Å². The number of thiophene rings is 1. The fourth-order valence-corrected chi connectivity index (χ4v) is 4.54. The third kappa shape index (κ3) is 5.99. The lowest BCUT2D eigenvalue weighted by Gasteiger charge is -2.32. The number of nitrogens with one attached hydrogen (secondary N) is 2. The van der Waals surface area contributed by atoms with Crippen LogP contribution < -0.4 is 10.6 Å². The second kappa shape index (κ2) is 9.92. The molecular weight excluding hydrogens is 348 g/mol. The predicted octanol–water partition coefficient (Wildman–Crippen LogP) is 2.27. The first-order chi connectivity index (χ1) is 12.7. The van der Waals surface area contributed by atoms with Crippen molar-refractivity contribution in [2.24, 2.45) is 5.92 Å². The van der Waals surface area contributed by atoms with Gasteiger partial charge in [-0.2, -0.15) is 0 Å². The lowest BCUT2D eigenvalue weighted by Crippen LogP contribution is -2.44.